The number of likely N-dealkylation sites (N-methyl/N-ethyl adjacent to an activating group) is 1. The van der Waals surface area contributed by atoms with Crippen molar-refractivity contribution >= 4 is 5.97 Å². The minimum atomic E-state index is -0.0569. The highest BCUT2D eigenvalue weighted by atomic mass is 16.5. The lowest BCUT2D eigenvalue weighted by atomic mass is 9.99. The van der Waals surface area contributed by atoms with Crippen LogP contribution in [0, 0.1) is 11.8 Å². The molecule has 0 aliphatic carbocycles. The molecule has 0 saturated carbocycles. The molecule has 0 heterocycles. The molecule has 108 valence electrons. The van der Waals surface area contributed by atoms with Crippen molar-refractivity contribution in [2.75, 3.05) is 33.8 Å². The molecule has 0 aromatic rings. The number of unbranched alkanes of at least 4 members (excludes halogenated alkanes) is 2. The maximum Gasteiger partial charge on any atom is 0.309 e. The summed E-state index contributed by atoms with van der Waals surface area (Å²) >= 11 is 0. The number of quaternary nitrogens is 1. The second kappa shape index (κ2) is 8.52. The quantitative estimate of drug-likeness (QED) is 0.361. The molecule has 3 heteroatoms. The van der Waals surface area contributed by atoms with Crippen LogP contribution in [0.15, 0.2) is 0 Å². The summed E-state index contributed by atoms with van der Waals surface area (Å²) in [6, 6.07) is 0. The zero-order chi connectivity index (χ0) is 14.2. The Hall–Kier alpha value is -0.570. The fourth-order valence-electron chi connectivity index (χ4n) is 1.70. The zero-order valence-corrected chi connectivity index (χ0v) is 13.2. The smallest absolute Gasteiger partial charge is 0.309 e. The maximum absolute atomic E-state index is 11.7. The van der Waals surface area contributed by atoms with E-state index in [1.54, 1.807) is 0 Å². The molecule has 0 bridgehead atoms. The summed E-state index contributed by atoms with van der Waals surface area (Å²) in [5.74, 6) is 0.295. The first-order valence-corrected chi connectivity index (χ1v) is 7.28. The van der Waals surface area contributed by atoms with E-state index in [9.17, 15) is 4.79 Å². The molecule has 0 fully saturated rings. The highest BCUT2D eigenvalue weighted by Crippen LogP contribution is 2.11. The van der Waals surface area contributed by atoms with E-state index >= 15 is 0 Å². The highest BCUT2D eigenvalue weighted by Gasteiger charge is 2.20. The van der Waals surface area contributed by atoms with E-state index in [0.717, 1.165) is 17.6 Å². The lowest BCUT2D eigenvalue weighted by molar-refractivity contribution is -0.890. The monoisotopic (exact) mass is 258 g/mol. The Kier molecular flexibility index (Phi) is 8.25. The summed E-state index contributed by atoms with van der Waals surface area (Å²) in [5.41, 5.74) is 0. The van der Waals surface area contributed by atoms with Crippen molar-refractivity contribution in [3.8, 4) is 0 Å². The molecule has 0 aliphatic rings. The molecule has 3 nitrogen and oxygen atoms in total. The number of hydrogen-bond acceptors (Lipinski definition) is 2. The number of nitrogens with zero attached hydrogens (tertiary/aromatic N) is 1. The van der Waals surface area contributed by atoms with Crippen LogP contribution in [0.5, 0.6) is 0 Å². The van der Waals surface area contributed by atoms with Crippen LogP contribution in [0.2, 0.25) is 0 Å². The first kappa shape index (κ1) is 17.4. The van der Waals surface area contributed by atoms with Gasteiger partial charge in [-0.3, -0.25) is 4.79 Å². The Balaban J connectivity index is 3.84. The standard InChI is InChI=1S/C15H32NO2/c1-7-8-9-10-16(5,6)11-12-18-15(17)14(4)13(2)3/h13-14H,7-12H2,1-6H3/q+1. The van der Waals surface area contributed by atoms with Gasteiger partial charge in [0.25, 0.3) is 0 Å². The summed E-state index contributed by atoms with van der Waals surface area (Å²) in [7, 11) is 4.41. The Labute approximate surface area is 113 Å². The van der Waals surface area contributed by atoms with Gasteiger partial charge in [0.15, 0.2) is 0 Å². The van der Waals surface area contributed by atoms with Gasteiger partial charge in [0, 0.05) is 0 Å². The topological polar surface area (TPSA) is 26.3 Å². The predicted octanol–water partition coefficient (Wildman–Crippen LogP) is 3.09. The Morgan fingerprint density at radius 1 is 1.11 bits per heavy atom. The molecule has 0 aromatic carbocycles. The lowest BCUT2D eigenvalue weighted by Gasteiger charge is -2.29. The summed E-state index contributed by atoms with van der Waals surface area (Å²) < 4.78 is 6.29. The SMILES string of the molecule is CCCCC[N+](C)(C)CCOC(=O)C(C)C(C)C. The first-order chi connectivity index (χ1) is 8.30. The third-order valence-corrected chi connectivity index (χ3v) is 3.68. The van der Waals surface area contributed by atoms with Crippen LogP contribution >= 0.6 is 0 Å². The zero-order valence-electron chi connectivity index (χ0n) is 13.2. The van der Waals surface area contributed by atoms with Crippen molar-refractivity contribution in [1.29, 1.82) is 0 Å². The van der Waals surface area contributed by atoms with Gasteiger partial charge < -0.3 is 9.22 Å². The number of hydrogen-bond donors (Lipinski definition) is 0. The van der Waals surface area contributed by atoms with Gasteiger partial charge in [-0.1, -0.05) is 34.1 Å². The van der Waals surface area contributed by atoms with Gasteiger partial charge in [0.05, 0.1) is 26.6 Å². The van der Waals surface area contributed by atoms with E-state index < -0.39 is 0 Å². The van der Waals surface area contributed by atoms with Crippen LogP contribution < -0.4 is 0 Å². The fourth-order valence-corrected chi connectivity index (χ4v) is 1.70. The summed E-state index contributed by atoms with van der Waals surface area (Å²) in [5, 5.41) is 0. The average Bonchev–Trinajstić information content (AvgIpc) is 2.27. The van der Waals surface area contributed by atoms with Crippen LogP contribution in [0.25, 0.3) is 0 Å². The Morgan fingerprint density at radius 3 is 2.22 bits per heavy atom. The van der Waals surface area contributed by atoms with Crippen molar-refractivity contribution in [2.24, 2.45) is 11.8 Å². The number of ether oxygens (including phenoxy) is 1. The van der Waals surface area contributed by atoms with Gasteiger partial charge in [-0.05, 0) is 18.8 Å². The third kappa shape index (κ3) is 7.70. The number of rotatable bonds is 9. The fraction of sp³-hybridized carbons (Fsp3) is 0.933. The van der Waals surface area contributed by atoms with Crippen molar-refractivity contribution in [3.63, 3.8) is 0 Å². The van der Waals surface area contributed by atoms with E-state index in [2.05, 4.69) is 34.9 Å². The molecule has 0 radical (unpaired) electrons. The van der Waals surface area contributed by atoms with E-state index in [4.69, 9.17) is 4.74 Å². The second-order valence-electron chi connectivity index (χ2n) is 6.29. The molecule has 1 unspecified atom stereocenters. The van der Waals surface area contributed by atoms with Gasteiger partial charge in [-0.25, -0.2) is 0 Å². The van der Waals surface area contributed by atoms with Gasteiger partial charge in [-0.15, -0.1) is 0 Å². The van der Waals surface area contributed by atoms with Gasteiger partial charge in [-0.2, -0.15) is 0 Å². The lowest BCUT2D eigenvalue weighted by Crippen LogP contribution is -2.43. The van der Waals surface area contributed by atoms with E-state index in [-0.39, 0.29) is 11.9 Å². The first-order valence-electron chi connectivity index (χ1n) is 7.28. The van der Waals surface area contributed by atoms with Crippen LogP contribution in [0.3, 0.4) is 0 Å². The van der Waals surface area contributed by atoms with Crippen molar-refractivity contribution in [1.82, 2.24) is 0 Å². The van der Waals surface area contributed by atoms with Crippen molar-refractivity contribution < 1.29 is 14.0 Å². The largest absolute Gasteiger partial charge is 0.459 e. The highest BCUT2D eigenvalue weighted by molar-refractivity contribution is 5.72. The van der Waals surface area contributed by atoms with Crippen LogP contribution in [-0.4, -0.2) is 44.2 Å². The molecule has 18 heavy (non-hydrogen) atoms. The molecule has 0 amide bonds. The Morgan fingerprint density at radius 2 is 1.72 bits per heavy atom. The van der Waals surface area contributed by atoms with Gasteiger partial charge in [0.1, 0.15) is 13.2 Å². The summed E-state index contributed by atoms with van der Waals surface area (Å²) in [6.45, 7) is 10.9. The normalized spacial score (nSPS) is 13.7. The number of esters is 1. The molecule has 0 aromatic heterocycles. The van der Waals surface area contributed by atoms with E-state index in [1.807, 2.05) is 6.92 Å². The van der Waals surface area contributed by atoms with Gasteiger partial charge in [0.2, 0.25) is 0 Å². The number of carbonyl (C=O) groups excluding carboxylic acids is 1. The van der Waals surface area contributed by atoms with Crippen molar-refractivity contribution in [3.05, 3.63) is 0 Å². The second-order valence-corrected chi connectivity index (χ2v) is 6.29. The molecule has 0 N–H and O–H groups in total. The predicted molar refractivity (Wildman–Crippen MR) is 76.3 cm³/mol. The molecule has 0 rings (SSSR count). The molecule has 0 saturated heterocycles. The summed E-state index contributed by atoms with van der Waals surface area (Å²) in [4.78, 5) is 11.7. The van der Waals surface area contributed by atoms with Crippen LogP contribution in [0.1, 0.15) is 47.0 Å². The molecule has 0 spiro atoms. The third-order valence-electron chi connectivity index (χ3n) is 3.68. The Bertz CT molecular complexity index is 237. The van der Waals surface area contributed by atoms with Gasteiger partial charge >= 0.3 is 5.97 Å². The summed E-state index contributed by atoms with van der Waals surface area (Å²) in [6.07, 6.45) is 3.78. The average molecular weight is 258 g/mol. The minimum Gasteiger partial charge on any atom is -0.459 e. The number of carbonyl (C=O) groups is 1. The molecule has 0 aliphatic heterocycles. The minimum absolute atomic E-state index is 0.000652. The van der Waals surface area contributed by atoms with E-state index in [0.29, 0.717) is 12.5 Å². The van der Waals surface area contributed by atoms with Crippen LogP contribution in [-0.2, 0) is 9.53 Å². The molecular formula is C15H32NO2+. The van der Waals surface area contributed by atoms with E-state index in [1.165, 1.54) is 19.3 Å². The molecular weight excluding hydrogens is 226 g/mol. The molecule has 1 atom stereocenters. The van der Waals surface area contributed by atoms with Crippen LogP contribution in [0.4, 0.5) is 0 Å². The maximum atomic E-state index is 11.7. The van der Waals surface area contributed by atoms with Crippen molar-refractivity contribution in [2.45, 2.75) is 47.0 Å².